The van der Waals surface area contributed by atoms with E-state index < -0.39 is 0 Å². The molecule has 0 saturated carbocycles. The van der Waals surface area contributed by atoms with Crippen LogP contribution < -0.4 is 5.73 Å². The summed E-state index contributed by atoms with van der Waals surface area (Å²) in [5.74, 6) is 0.155. The number of rotatable bonds is 2. The molecule has 2 rings (SSSR count). The average molecular weight is 283 g/mol. The lowest BCUT2D eigenvalue weighted by Crippen LogP contribution is -2.30. The second-order valence-corrected chi connectivity index (χ2v) is 5.15. The number of hydrogen-bond donors (Lipinski definition) is 1. The number of halogens is 1. The molecule has 3 nitrogen and oxygen atoms in total. The van der Waals surface area contributed by atoms with Gasteiger partial charge in [-0.3, -0.25) is 4.79 Å². The molecule has 0 bridgehead atoms. The minimum atomic E-state index is -0.00889. The molecule has 0 aliphatic carbocycles. The van der Waals surface area contributed by atoms with Crippen molar-refractivity contribution in [2.75, 3.05) is 6.54 Å². The van der Waals surface area contributed by atoms with Gasteiger partial charge in [0.2, 0.25) is 5.91 Å². The van der Waals surface area contributed by atoms with E-state index in [9.17, 15) is 4.79 Å². The molecule has 1 amide bonds. The maximum Gasteiger partial charge on any atom is 0.224 e. The third-order valence-electron chi connectivity index (χ3n) is 3.01. The molecule has 1 aliphatic heterocycles. The normalized spacial score (nSPS) is 22.6. The number of amides is 1. The minimum Gasteiger partial charge on any atom is -0.334 e. The molecule has 1 saturated heterocycles. The van der Waals surface area contributed by atoms with Crippen LogP contribution in [0.1, 0.15) is 24.9 Å². The van der Waals surface area contributed by atoms with Crippen molar-refractivity contribution < 1.29 is 4.79 Å². The quantitative estimate of drug-likeness (QED) is 0.903. The molecule has 1 aromatic rings. The van der Waals surface area contributed by atoms with E-state index in [1.54, 1.807) is 0 Å². The molecular weight excluding hydrogens is 268 g/mol. The van der Waals surface area contributed by atoms with Gasteiger partial charge >= 0.3 is 0 Å². The molecule has 86 valence electrons. The van der Waals surface area contributed by atoms with E-state index in [1.807, 2.05) is 36.1 Å². The van der Waals surface area contributed by atoms with Crippen molar-refractivity contribution in [1.29, 1.82) is 0 Å². The number of nitrogens with two attached hydrogens (primary N) is 1. The lowest BCUT2D eigenvalue weighted by molar-refractivity contribution is -0.129. The van der Waals surface area contributed by atoms with Crippen LogP contribution in [0.15, 0.2) is 28.7 Å². The van der Waals surface area contributed by atoms with Crippen LogP contribution in [0, 0.1) is 0 Å². The second kappa shape index (κ2) is 4.55. The molecule has 2 atom stereocenters. The van der Waals surface area contributed by atoms with E-state index in [-0.39, 0.29) is 18.0 Å². The van der Waals surface area contributed by atoms with E-state index in [0.29, 0.717) is 13.0 Å². The predicted octanol–water partition coefficient (Wildman–Crippen LogP) is 2.07. The third-order valence-corrected chi connectivity index (χ3v) is 3.54. The van der Waals surface area contributed by atoms with Gasteiger partial charge in [-0.05, 0) is 24.6 Å². The number of carbonyl (C=O) groups excluding carboxylic acids is 1. The van der Waals surface area contributed by atoms with Gasteiger partial charge in [-0.15, -0.1) is 0 Å². The van der Waals surface area contributed by atoms with Gasteiger partial charge in [0, 0.05) is 23.5 Å². The van der Waals surface area contributed by atoms with Crippen LogP contribution in [-0.4, -0.2) is 23.4 Å². The summed E-state index contributed by atoms with van der Waals surface area (Å²) in [6.07, 6.45) is 0.473. The summed E-state index contributed by atoms with van der Waals surface area (Å²) < 4.78 is 1.05. The Morgan fingerprint density at radius 1 is 1.44 bits per heavy atom. The topological polar surface area (TPSA) is 46.3 Å². The van der Waals surface area contributed by atoms with E-state index >= 15 is 0 Å². The molecule has 1 heterocycles. The van der Waals surface area contributed by atoms with Crippen LogP contribution in [-0.2, 0) is 4.79 Å². The molecule has 0 spiro atoms. The SMILES string of the molecule is C[C@@H](c1ccc(Br)cc1)N1CC(N)CC1=O. The average Bonchev–Trinajstić information content (AvgIpc) is 2.58. The van der Waals surface area contributed by atoms with Crippen LogP contribution in [0.4, 0.5) is 0 Å². The fraction of sp³-hybridized carbons (Fsp3) is 0.417. The standard InChI is InChI=1S/C12H15BrN2O/c1-8(9-2-4-10(13)5-3-9)15-7-11(14)6-12(15)16/h2-5,8,11H,6-7,14H2,1H3/t8-,11?/m0/s1. The predicted molar refractivity (Wildman–Crippen MR) is 66.9 cm³/mol. The lowest BCUT2D eigenvalue weighted by atomic mass is 10.1. The van der Waals surface area contributed by atoms with Gasteiger partial charge in [-0.1, -0.05) is 28.1 Å². The Kier molecular flexibility index (Phi) is 3.30. The molecule has 4 heteroatoms. The van der Waals surface area contributed by atoms with Crippen LogP contribution in [0.3, 0.4) is 0 Å². The zero-order valence-corrected chi connectivity index (χ0v) is 10.8. The van der Waals surface area contributed by atoms with Gasteiger partial charge in [-0.25, -0.2) is 0 Å². The Morgan fingerprint density at radius 2 is 2.06 bits per heavy atom. The van der Waals surface area contributed by atoms with Gasteiger partial charge in [0.25, 0.3) is 0 Å². The fourth-order valence-corrected chi connectivity index (χ4v) is 2.32. The summed E-state index contributed by atoms with van der Waals surface area (Å²) in [4.78, 5) is 13.6. The summed E-state index contributed by atoms with van der Waals surface area (Å²) in [6.45, 7) is 2.70. The maximum absolute atomic E-state index is 11.7. The summed E-state index contributed by atoms with van der Waals surface area (Å²) in [7, 11) is 0. The lowest BCUT2D eigenvalue weighted by Gasteiger charge is -2.24. The van der Waals surface area contributed by atoms with Crippen molar-refractivity contribution in [3.05, 3.63) is 34.3 Å². The molecule has 1 aromatic carbocycles. The van der Waals surface area contributed by atoms with Gasteiger partial charge in [0.05, 0.1) is 6.04 Å². The van der Waals surface area contributed by atoms with Crippen molar-refractivity contribution in [3.63, 3.8) is 0 Å². The fourth-order valence-electron chi connectivity index (χ4n) is 2.06. The Bertz CT molecular complexity index is 391. The van der Waals surface area contributed by atoms with Crippen LogP contribution >= 0.6 is 15.9 Å². The van der Waals surface area contributed by atoms with Crippen molar-refractivity contribution in [1.82, 2.24) is 4.90 Å². The summed E-state index contributed by atoms with van der Waals surface area (Å²) in [5.41, 5.74) is 6.93. The molecule has 1 fully saturated rings. The second-order valence-electron chi connectivity index (χ2n) is 4.24. The van der Waals surface area contributed by atoms with E-state index in [4.69, 9.17) is 5.73 Å². The van der Waals surface area contributed by atoms with Gasteiger partial charge in [0.1, 0.15) is 0 Å². The Morgan fingerprint density at radius 3 is 2.56 bits per heavy atom. The number of nitrogens with zero attached hydrogens (tertiary/aromatic N) is 1. The van der Waals surface area contributed by atoms with Crippen molar-refractivity contribution >= 4 is 21.8 Å². The largest absolute Gasteiger partial charge is 0.334 e. The first-order valence-electron chi connectivity index (χ1n) is 5.38. The summed E-state index contributed by atoms with van der Waals surface area (Å²) in [6, 6.07) is 8.15. The van der Waals surface area contributed by atoms with Crippen molar-refractivity contribution in [2.45, 2.75) is 25.4 Å². The molecule has 16 heavy (non-hydrogen) atoms. The van der Waals surface area contributed by atoms with Crippen LogP contribution in [0.25, 0.3) is 0 Å². The van der Waals surface area contributed by atoms with Gasteiger partial charge in [-0.2, -0.15) is 0 Å². The number of hydrogen-bond acceptors (Lipinski definition) is 2. The first kappa shape index (κ1) is 11.6. The molecule has 2 N–H and O–H groups in total. The highest BCUT2D eigenvalue weighted by Gasteiger charge is 2.30. The first-order chi connectivity index (χ1) is 7.58. The molecule has 1 aliphatic rings. The summed E-state index contributed by atoms with van der Waals surface area (Å²) in [5, 5.41) is 0. The Hall–Kier alpha value is -0.870. The van der Waals surface area contributed by atoms with Crippen LogP contribution in [0.5, 0.6) is 0 Å². The monoisotopic (exact) mass is 282 g/mol. The third kappa shape index (κ3) is 2.28. The zero-order valence-electron chi connectivity index (χ0n) is 9.19. The highest BCUT2D eigenvalue weighted by Crippen LogP contribution is 2.26. The minimum absolute atomic E-state index is 0.00889. The smallest absolute Gasteiger partial charge is 0.224 e. The van der Waals surface area contributed by atoms with E-state index in [1.165, 1.54) is 0 Å². The Labute approximate surface area is 104 Å². The van der Waals surface area contributed by atoms with E-state index in [2.05, 4.69) is 15.9 Å². The van der Waals surface area contributed by atoms with E-state index in [0.717, 1.165) is 10.0 Å². The van der Waals surface area contributed by atoms with Crippen molar-refractivity contribution in [3.8, 4) is 0 Å². The molecule has 0 radical (unpaired) electrons. The highest BCUT2D eigenvalue weighted by molar-refractivity contribution is 9.10. The maximum atomic E-state index is 11.7. The first-order valence-corrected chi connectivity index (χ1v) is 6.17. The Balaban J connectivity index is 2.16. The summed E-state index contributed by atoms with van der Waals surface area (Å²) >= 11 is 3.40. The van der Waals surface area contributed by atoms with Gasteiger partial charge in [0.15, 0.2) is 0 Å². The number of benzene rings is 1. The zero-order chi connectivity index (χ0) is 11.7. The molecular formula is C12H15BrN2O. The molecule has 0 aromatic heterocycles. The number of likely N-dealkylation sites (tertiary alicyclic amines) is 1. The van der Waals surface area contributed by atoms with Gasteiger partial charge < -0.3 is 10.6 Å². The highest BCUT2D eigenvalue weighted by atomic mass is 79.9. The molecule has 1 unspecified atom stereocenters. The van der Waals surface area contributed by atoms with Crippen molar-refractivity contribution in [2.24, 2.45) is 5.73 Å². The van der Waals surface area contributed by atoms with Crippen LogP contribution in [0.2, 0.25) is 0 Å². The number of carbonyl (C=O) groups is 1.